The first-order chi connectivity index (χ1) is 8.54. The van der Waals surface area contributed by atoms with Crippen molar-refractivity contribution >= 4 is 17.8 Å². The van der Waals surface area contributed by atoms with Crippen molar-refractivity contribution < 1.29 is 19.1 Å². The Morgan fingerprint density at radius 3 is 2.78 bits per heavy atom. The molecule has 2 aliphatic heterocycles. The van der Waals surface area contributed by atoms with Gasteiger partial charge in [0, 0.05) is 19.5 Å². The van der Waals surface area contributed by atoms with Crippen molar-refractivity contribution in [3.05, 3.63) is 0 Å². The van der Waals surface area contributed by atoms with E-state index in [0.717, 1.165) is 12.8 Å². The van der Waals surface area contributed by atoms with Crippen molar-refractivity contribution in [2.24, 2.45) is 0 Å². The molecule has 0 bridgehead atoms. The lowest BCUT2D eigenvalue weighted by atomic mass is 9.81. The molecule has 2 aliphatic rings. The lowest BCUT2D eigenvalue weighted by Crippen LogP contribution is -2.73. The summed E-state index contributed by atoms with van der Waals surface area (Å²) in [6.07, 6.45) is 1.74. The molecule has 0 aromatic heterocycles. The van der Waals surface area contributed by atoms with Crippen molar-refractivity contribution in [1.82, 2.24) is 10.2 Å². The quantitative estimate of drug-likeness (QED) is 0.586. The van der Waals surface area contributed by atoms with Crippen LogP contribution in [-0.4, -0.2) is 47.9 Å². The third kappa shape index (κ3) is 2.63. The van der Waals surface area contributed by atoms with Gasteiger partial charge in [0.25, 0.3) is 0 Å². The number of piperidine rings is 1. The predicted molar refractivity (Wildman–Crippen MR) is 62.9 cm³/mol. The maximum Gasteiger partial charge on any atom is 0.409 e. The van der Waals surface area contributed by atoms with E-state index in [1.54, 1.807) is 0 Å². The number of ether oxygens (including phenoxy) is 1. The Morgan fingerprint density at radius 1 is 1.44 bits per heavy atom. The summed E-state index contributed by atoms with van der Waals surface area (Å²) in [6, 6.07) is 0. The molecular weight excluding hydrogens is 236 g/mol. The van der Waals surface area contributed by atoms with Gasteiger partial charge < -0.3 is 15.0 Å². The van der Waals surface area contributed by atoms with Crippen molar-refractivity contribution in [1.29, 1.82) is 0 Å². The molecule has 1 spiro atoms. The van der Waals surface area contributed by atoms with Gasteiger partial charge in [-0.3, -0.25) is 9.59 Å². The highest BCUT2D eigenvalue weighted by atomic mass is 16.6. The van der Waals surface area contributed by atoms with Crippen molar-refractivity contribution in [3.8, 4) is 0 Å². The number of ketones is 1. The second-order valence-corrected chi connectivity index (χ2v) is 5.04. The Labute approximate surface area is 106 Å². The van der Waals surface area contributed by atoms with Crippen LogP contribution >= 0.6 is 0 Å². The molecule has 0 atom stereocenters. The van der Waals surface area contributed by atoms with Gasteiger partial charge in [-0.05, 0) is 6.42 Å². The maximum absolute atomic E-state index is 11.6. The Kier molecular flexibility index (Phi) is 3.54. The van der Waals surface area contributed by atoms with Gasteiger partial charge in [0.2, 0.25) is 5.91 Å². The Balaban J connectivity index is 1.80. The summed E-state index contributed by atoms with van der Waals surface area (Å²) in [5, 5.41) is 2.80. The van der Waals surface area contributed by atoms with E-state index in [0.29, 0.717) is 26.1 Å². The smallest absolute Gasteiger partial charge is 0.409 e. The minimum absolute atomic E-state index is 0.0390. The molecule has 100 valence electrons. The van der Waals surface area contributed by atoms with Crippen molar-refractivity contribution in [2.75, 3.05) is 19.7 Å². The van der Waals surface area contributed by atoms with Crippen LogP contribution in [0, 0.1) is 0 Å². The number of nitrogens with zero attached hydrogens (tertiary/aromatic N) is 1. The van der Waals surface area contributed by atoms with Crippen LogP contribution in [0.3, 0.4) is 0 Å². The molecule has 0 unspecified atom stereocenters. The van der Waals surface area contributed by atoms with Crippen LogP contribution in [-0.2, 0) is 14.3 Å². The number of unbranched alkanes of at least 4 members (excludes halogenated alkanes) is 1. The van der Waals surface area contributed by atoms with Gasteiger partial charge in [-0.2, -0.15) is 0 Å². The molecule has 0 aromatic rings. The number of amides is 2. The number of hydrogen-bond donors (Lipinski definition) is 1. The zero-order valence-corrected chi connectivity index (χ0v) is 10.5. The molecule has 0 radical (unpaired) electrons. The average Bonchev–Trinajstić information content (AvgIpc) is 2.24. The van der Waals surface area contributed by atoms with Crippen molar-refractivity contribution in [2.45, 2.75) is 38.1 Å². The lowest BCUT2D eigenvalue weighted by molar-refractivity contribution is -0.138. The number of hydrogen-bond acceptors (Lipinski definition) is 4. The molecule has 2 saturated heterocycles. The van der Waals surface area contributed by atoms with Gasteiger partial charge in [-0.25, -0.2) is 4.79 Å². The zero-order valence-electron chi connectivity index (χ0n) is 10.5. The van der Waals surface area contributed by atoms with E-state index < -0.39 is 5.54 Å². The van der Waals surface area contributed by atoms with Gasteiger partial charge in [0.05, 0.1) is 18.6 Å². The minimum Gasteiger partial charge on any atom is -0.449 e. The Hall–Kier alpha value is -1.59. The summed E-state index contributed by atoms with van der Waals surface area (Å²) in [5.41, 5.74) is -0.532. The zero-order chi connectivity index (χ0) is 13.2. The number of rotatable bonds is 3. The second-order valence-electron chi connectivity index (χ2n) is 5.04. The van der Waals surface area contributed by atoms with Crippen molar-refractivity contribution in [3.63, 3.8) is 0 Å². The summed E-state index contributed by atoms with van der Waals surface area (Å²) in [4.78, 5) is 35.8. The lowest BCUT2D eigenvalue weighted by Gasteiger charge is -2.50. The van der Waals surface area contributed by atoms with Crippen LogP contribution < -0.4 is 5.32 Å². The average molecular weight is 254 g/mol. The van der Waals surface area contributed by atoms with E-state index in [1.165, 1.54) is 4.90 Å². The molecular formula is C12H18N2O4. The largest absolute Gasteiger partial charge is 0.449 e. The van der Waals surface area contributed by atoms with Crippen LogP contribution in [0.5, 0.6) is 0 Å². The fourth-order valence-corrected chi connectivity index (χ4v) is 2.40. The van der Waals surface area contributed by atoms with Gasteiger partial charge in [-0.1, -0.05) is 13.3 Å². The fraction of sp³-hybridized carbons (Fsp3) is 0.750. The fourth-order valence-electron chi connectivity index (χ4n) is 2.40. The topological polar surface area (TPSA) is 75.7 Å². The standard InChI is InChI=1S/C12H18N2O4/c1-2-3-4-18-11(17)14-7-12(8-14)6-9(15)5-10(16)13-12/h2-8H2,1H3,(H,13,16). The normalized spacial score (nSPS) is 21.5. The molecule has 6 nitrogen and oxygen atoms in total. The van der Waals surface area contributed by atoms with Gasteiger partial charge in [-0.15, -0.1) is 0 Å². The van der Waals surface area contributed by atoms with E-state index in [4.69, 9.17) is 4.74 Å². The SMILES string of the molecule is CCCCOC(=O)N1CC2(CC(=O)CC(=O)N2)C1. The Bertz CT molecular complexity index is 356. The maximum atomic E-state index is 11.6. The van der Waals surface area contributed by atoms with Gasteiger partial charge >= 0.3 is 6.09 Å². The first-order valence-electron chi connectivity index (χ1n) is 6.29. The first kappa shape index (κ1) is 12.9. The minimum atomic E-state index is -0.532. The summed E-state index contributed by atoms with van der Waals surface area (Å²) < 4.78 is 5.06. The summed E-state index contributed by atoms with van der Waals surface area (Å²) >= 11 is 0. The highest BCUT2D eigenvalue weighted by molar-refractivity contribution is 6.01. The summed E-state index contributed by atoms with van der Waals surface area (Å²) in [5.74, 6) is -0.303. The van der Waals surface area contributed by atoms with E-state index in [2.05, 4.69) is 5.32 Å². The third-order valence-electron chi connectivity index (χ3n) is 3.27. The number of Topliss-reactive ketones (excluding diaryl/α,β-unsaturated/α-hetero) is 1. The monoisotopic (exact) mass is 254 g/mol. The molecule has 1 N–H and O–H groups in total. The van der Waals surface area contributed by atoms with E-state index in [-0.39, 0.29) is 24.2 Å². The summed E-state index contributed by atoms with van der Waals surface area (Å²) in [7, 11) is 0. The molecule has 0 aliphatic carbocycles. The van der Waals surface area contributed by atoms with Crippen LogP contribution in [0.1, 0.15) is 32.6 Å². The predicted octanol–water partition coefficient (Wildman–Crippen LogP) is 0.457. The molecule has 6 heteroatoms. The number of nitrogens with one attached hydrogen (secondary N) is 1. The molecule has 0 aromatic carbocycles. The molecule has 2 amide bonds. The molecule has 18 heavy (non-hydrogen) atoms. The van der Waals surface area contributed by atoms with E-state index in [1.807, 2.05) is 6.92 Å². The van der Waals surface area contributed by atoms with Crippen LogP contribution in [0.4, 0.5) is 4.79 Å². The van der Waals surface area contributed by atoms with Crippen LogP contribution in [0.2, 0.25) is 0 Å². The molecule has 2 heterocycles. The Morgan fingerprint density at radius 2 is 2.17 bits per heavy atom. The first-order valence-corrected chi connectivity index (χ1v) is 6.29. The second kappa shape index (κ2) is 4.96. The highest BCUT2D eigenvalue weighted by Gasteiger charge is 2.50. The number of carbonyl (C=O) groups is 3. The van der Waals surface area contributed by atoms with Gasteiger partial charge in [0.15, 0.2) is 0 Å². The third-order valence-corrected chi connectivity index (χ3v) is 3.27. The highest BCUT2D eigenvalue weighted by Crippen LogP contribution is 2.28. The summed E-state index contributed by atoms with van der Waals surface area (Å²) in [6.45, 7) is 3.19. The number of likely N-dealkylation sites (tertiary alicyclic amines) is 1. The van der Waals surface area contributed by atoms with Crippen LogP contribution in [0.15, 0.2) is 0 Å². The molecule has 2 rings (SSSR count). The number of carbonyl (C=O) groups excluding carboxylic acids is 3. The van der Waals surface area contributed by atoms with E-state index in [9.17, 15) is 14.4 Å². The molecule has 0 saturated carbocycles. The molecule has 2 fully saturated rings. The van der Waals surface area contributed by atoms with Gasteiger partial charge in [0.1, 0.15) is 5.78 Å². The van der Waals surface area contributed by atoms with Crippen LogP contribution in [0.25, 0.3) is 0 Å². The van der Waals surface area contributed by atoms with E-state index >= 15 is 0 Å².